The van der Waals surface area contributed by atoms with Crippen LogP contribution in [-0.4, -0.2) is 61.6 Å². The summed E-state index contributed by atoms with van der Waals surface area (Å²) in [6, 6.07) is 0. The van der Waals surface area contributed by atoms with Crippen LogP contribution >= 0.6 is 6.72 Å². The van der Waals surface area contributed by atoms with Gasteiger partial charge >= 0.3 is 6.72 Å². The Morgan fingerprint density at radius 3 is 2.86 bits per heavy atom. The van der Waals surface area contributed by atoms with Crippen LogP contribution in [0.3, 0.4) is 0 Å². The first-order chi connectivity index (χ1) is 13.2. The first-order valence-electron chi connectivity index (χ1n) is 8.35. The number of anilines is 1. The minimum Gasteiger partial charge on any atom is -0.386 e. The third-order valence-electron chi connectivity index (χ3n) is 4.49. The Balaban J connectivity index is 1.73. The molecule has 154 valence electrons. The van der Waals surface area contributed by atoms with Gasteiger partial charge in [0.1, 0.15) is 24.1 Å². The standard InChI is InChI=1S/C14H18F2N5O5PS/c1-6(2)25-27(28)23-3-14(13(15)16)9(26-27)8(22)12(24-14)21-5-20-7-10(17)18-4-19-11(7)21/h4-6,8-9,12-13,22H,3H2,1-2H3,(H2,17,18,19)/t8-,9+,12-,14-,27?/m1/s1. The first-order valence-corrected chi connectivity index (χ1v) is 10.9. The number of nitrogens with two attached hydrogens (primary N) is 1. The van der Waals surface area contributed by atoms with E-state index in [-0.39, 0.29) is 23.1 Å². The van der Waals surface area contributed by atoms with Crippen molar-refractivity contribution in [1.82, 2.24) is 19.5 Å². The van der Waals surface area contributed by atoms with E-state index in [0.717, 1.165) is 0 Å². The number of halogens is 2. The molecule has 2 saturated heterocycles. The van der Waals surface area contributed by atoms with Crippen LogP contribution in [0.2, 0.25) is 0 Å². The van der Waals surface area contributed by atoms with E-state index in [1.807, 2.05) is 0 Å². The van der Waals surface area contributed by atoms with E-state index in [0.29, 0.717) is 0 Å². The van der Waals surface area contributed by atoms with Gasteiger partial charge in [-0.05, 0) is 25.7 Å². The van der Waals surface area contributed by atoms with Gasteiger partial charge in [-0.2, -0.15) is 0 Å². The van der Waals surface area contributed by atoms with Crippen molar-refractivity contribution in [2.24, 2.45) is 0 Å². The zero-order valence-corrected chi connectivity index (χ0v) is 16.5. The SMILES string of the molecule is CC(C)OP1(=S)OC[C@@]2(C(F)F)O[C@@H](n3cnc4c(N)ncnc43)[C@H](O)[C@@H]2O1. The summed E-state index contributed by atoms with van der Waals surface area (Å²) in [6.45, 7) is -0.495. The van der Waals surface area contributed by atoms with Crippen LogP contribution < -0.4 is 5.73 Å². The molecule has 4 heterocycles. The maximum Gasteiger partial charge on any atom is 0.328 e. The van der Waals surface area contributed by atoms with Gasteiger partial charge in [-0.25, -0.2) is 23.7 Å². The summed E-state index contributed by atoms with van der Waals surface area (Å²) in [6.07, 6.45) is -5.14. The van der Waals surface area contributed by atoms with Crippen molar-refractivity contribution in [3.63, 3.8) is 0 Å². The molecule has 0 bridgehead atoms. The van der Waals surface area contributed by atoms with E-state index in [1.165, 1.54) is 17.2 Å². The fourth-order valence-corrected chi connectivity index (χ4v) is 5.83. The number of aliphatic hydroxyl groups excluding tert-OH is 1. The number of fused-ring (bicyclic) bond motifs is 2. The average molecular weight is 437 g/mol. The summed E-state index contributed by atoms with van der Waals surface area (Å²) in [7, 11) is 0. The lowest BCUT2D eigenvalue weighted by molar-refractivity contribution is -0.204. The lowest BCUT2D eigenvalue weighted by Crippen LogP contribution is -2.56. The highest BCUT2D eigenvalue weighted by Gasteiger charge is 2.66. The maximum absolute atomic E-state index is 14.0. The van der Waals surface area contributed by atoms with Gasteiger partial charge in [-0.3, -0.25) is 9.09 Å². The largest absolute Gasteiger partial charge is 0.386 e. The van der Waals surface area contributed by atoms with Crippen molar-refractivity contribution in [3.8, 4) is 0 Å². The van der Waals surface area contributed by atoms with Crippen LogP contribution in [0.15, 0.2) is 12.7 Å². The number of hydrogen-bond acceptors (Lipinski definition) is 10. The monoisotopic (exact) mass is 437 g/mol. The van der Waals surface area contributed by atoms with Gasteiger partial charge in [0.15, 0.2) is 23.3 Å². The molecule has 0 saturated carbocycles. The zero-order valence-electron chi connectivity index (χ0n) is 14.8. The van der Waals surface area contributed by atoms with Crippen molar-refractivity contribution >= 4 is 35.5 Å². The van der Waals surface area contributed by atoms with Crippen molar-refractivity contribution in [1.29, 1.82) is 0 Å². The number of hydrogen-bond donors (Lipinski definition) is 2. The summed E-state index contributed by atoms with van der Waals surface area (Å²) in [4.78, 5) is 12.0. The summed E-state index contributed by atoms with van der Waals surface area (Å²) in [5, 5.41) is 10.8. The van der Waals surface area contributed by atoms with Gasteiger partial charge in [-0.1, -0.05) is 0 Å². The Labute approximate surface area is 163 Å². The molecule has 2 fully saturated rings. The van der Waals surface area contributed by atoms with Crippen LogP contribution in [0.1, 0.15) is 20.1 Å². The van der Waals surface area contributed by atoms with Gasteiger partial charge < -0.3 is 24.6 Å². The van der Waals surface area contributed by atoms with Crippen LogP contribution in [0.5, 0.6) is 0 Å². The number of rotatable bonds is 4. The quantitative estimate of drug-likeness (QED) is 0.677. The predicted molar refractivity (Wildman–Crippen MR) is 95.9 cm³/mol. The number of aliphatic hydroxyl groups is 1. The van der Waals surface area contributed by atoms with Crippen LogP contribution in [0, 0.1) is 0 Å². The number of nitrogen functional groups attached to an aromatic ring is 1. The molecule has 5 atom stereocenters. The number of ether oxygens (including phenoxy) is 1. The van der Waals surface area contributed by atoms with E-state index in [2.05, 4.69) is 15.0 Å². The van der Waals surface area contributed by atoms with Crippen molar-refractivity contribution in [3.05, 3.63) is 12.7 Å². The molecular weight excluding hydrogens is 419 g/mol. The van der Waals surface area contributed by atoms with Crippen LogP contribution in [0.25, 0.3) is 11.2 Å². The second-order valence-electron chi connectivity index (χ2n) is 6.74. The minimum absolute atomic E-state index is 0.109. The lowest BCUT2D eigenvalue weighted by atomic mass is 9.96. The molecular formula is C14H18F2N5O5PS. The maximum atomic E-state index is 14.0. The van der Waals surface area contributed by atoms with E-state index in [4.69, 9.17) is 35.8 Å². The molecule has 2 aromatic rings. The lowest BCUT2D eigenvalue weighted by Gasteiger charge is -2.41. The summed E-state index contributed by atoms with van der Waals surface area (Å²) in [5.41, 5.74) is 4.01. The fraction of sp³-hybridized carbons (Fsp3) is 0.643. The summed E-state index contributed by atoms with van der Waals surface area (Å²) < 4.78 is 51.4. The molecule has 1 unspecified atom stereocenters. The smallest absolute Gasteiger partial charge is 0.328 e. The number of nitrogens with zero attached hydrogens (tertiary/aromatic N) is 4. The predicted octanol–water partition coefficient (Wildman–Crippen LogP) is 1.37. The van der Waals surface area contributed by atoms with Gasteiger partial charge in [0, 0.05) is 0 Å². The Morgan fingerprint density at radius 1 is 1.43 bits per heavy atom. The third-order valence-corrected chi connectivity index (χ3v) is 6.93. The summed E-state index contributed by atoms with van der Waals surface area (Å²) in [5.74, 6) is 0.109. The Hall–Kier alpha value is -1.34. The van der Waals surface area contributed by atoms with Gasteiger partial charge in [0.2, 0.25) is 0 Å². The van der Waals surface area contributed by atoms with Gasteiger partial charge in [0.05, 0.1) is 19.0 Å². The molecule has 4 rings (SSSR count). The van der Waals surface area contributed by atoms with Crippen LogP contribution in [0.4, 0.5) is 14.6 Å². The molecule has 2 aromatic heterocycles. The summed E-state index contributed by atoms with van der Waals surface area (Å²) >= 11 is 5.25. The average Bonchev–Trinajstić information content (AvgIpc) is 3.15. The molecule has 10 nitrogen and oxygen atoms in total. The highest BCUT2D eigenvalue weighted by molar-refractivity contribution is 8.07. The van der Waals surface area contributed by atoms with E-state index < -0.39 is 43.8 Å². The fourth-order valence-electron chi connectivity index (χ4n) is 3.25. The van der Waals surface area contributed by atoms with Crippen molar-refractivity contribution < 1.29 is 32.2 Å². The molecule has 2 aliphatic rings. The van der Waals surface area contributed by atoms with E-state index >= 15 is 0 Å². The Kier molecular flexibility index (Phi) is 4.90. The molecule has 14 heteroatoms. The third kappa shape index (κ3) is 3.02. The molecule has 0 spiro atoms. The number of aromatic nitrogens is 4. The van der Waals surface area contributed by atoms with Crippen molar-refractivity contribution in [2.45, 2.75) is 50.4 Å². The number of imidazole rings is 1. The van der Waals surface area contributed by atoms with E-state index in [9.17, 15) is 13.9 Å². The highest BCUT2D eigenvalue weighted by atomic mass is 32.5. The topological polar surface area (TPSA) is 127 Å². The molecule has 0 aromatic carbocycles. The molecule has 28 heavy (non-hydrogen) atoms. The molecule has 3 N–H and O–H groups in total. The van der Waals surface area contributed by atoms with E-state index in [1.54, 1.807) is 13.8 Å². The van der Waals surface area contributed by atoms with Gasteiger partial charge in [-0.15, -0.1) is 0 Å². The molecule has 0 radical (unpaired) electrons. The normalized spacial score (nSPS) is 35.8. The highest BCUT2D eigenvalue weighted by Crippen LogP contribution is 2.61. The number of alkyl halides is 2. The molecule has 0 aliphatic carbocycles. The van der Waals surface area contributed by atoms with Gasteiger partial charge in [0.25, 0.3) is 6.43 Å². The Bertz CT molecular complexity index is 948. The zero-order chi connectivity index (χ0) is 20.3. The van der Waals surface area contributed by atoms with Crippen LogP contribution in [-0.2, 0) is 30.1 Å². The molecule has 0 amide bonds. The second kappa shape index (κ2) is 6.87. The minimum atomic E-state index is -3.33. The van der Waals surface area contributed by atoms with Crippen molar-refractivity contribution in [2.75, 3.05) is 12.3 Å². The Morgan fingerprint density at radius 2 is 2.18 bits per heavy atom. The molecule has 2 aliphatic heterocycles. The second-order valence-corrected chi connectivity index (χ2v) is 9.65. The first kappa shape index (κ1) is 20.0.